The molecule has 1 N–H and O–H groups in total. The largest absolute Gasteiger partial charge is 0.481 e. The van der Waals surface area contributed by atoms with E-state index in [1.807, 2.05) is 27.0 Å². The van der Waals surface area contributed by atoms with Gasteiger partial charge in [0.25, 0.3) is 0 Å². The Morgan fingerprint density at radius 2 is 1.88 bits per heavy atom. The Balaban J connectivity index is 4.40. The van der Waals surface area contributed by atoms with Crippen molar-refractivity contribution in [1.82, 2.24) is 4.90 Å². The zero-order chi connectivity index (χ0) is 12.7. The number of hydrogen-bond acceptors (Lipinski definition) is 3. The molecule has 0 aromatic rings. The molecule has 0 radical (unpaired) electrons. The van der Waals surface area contributed by atoms with E-state index < -0.39 is 5.97 Å². The molecule has 0 aliphatic heterocycles. The van der Waals surface area contributed by atoms with Gasteiger partial charge >= 0.3 is 5.97 Å². The van der Waals surface area contributed by atoms with Crippen LogP contribution in [0.25, 0.3) is 0 Å². The lowest BCUT2D eigenvalue weighted by atomic mass is 10.2. The van der Waals surface area contributed by atoms with Crippen molar-refractivity contribution in [3.05, 3.63) is 0 Å². The van der Waals surface area contributed by atoms with Gasteiger partial charge in [0.15, 0.2) is 0 Å². The van der Waals surface area contributed by atoms with E-state index in [1.165, 1.54) is 11.8 Å². The van der Waals surface area contributed by atoms with Gasteiger partial charge in [0.2, 0.25) is 5.91 Å². The van der Waals surface area contributed by atoms with E-state index in [2.05, 4.69) is 0 Å². The summed E-state index contributed by atoms with van der Waals surface area (Å²) in [5.41, 5.74) is 0. The third-order valence-electron chi connectivity index (χ3n) is 2.19. The van der Waals surface area contributed by atoms with Crippen LogP contribution in [0.5, 0.6) is 0 Å². The van der Waals surface area contributed by atoms with E-state index >= 15 is 0 Å². The van der Waals surface area contributed by atoms with Crippen LogP contribution in [-0.2, 0) is 9.59 Å². The van der Waals surface area contributed by atoms with Gasteiger partial charge in [-0.25, -0.2) is 0 Å². The molecule has 0 heterocycles. The maximum absolute atomic E-state index is 11.9. The first-order chi connectivity index (χ1) is 7.38. The van der Waals surface area contributed by atoms with E-state index in [-0.39, 0.29) is 17.6 Å². The summed E-state index contributed by atoms with van der Waals surface area (Å²) in [7, 11) is 0. The predicted molar refractivity (Wildman–Crippen MR) is 66.6 cm³/mol. The van der Waals surface area contributed by atoms with E-state index in [4.69, 9.17) is 5.11 Å². The number of carbonyl (C=O) groups excluding carboxylic acids is 1. The minimum Gasteiger partial charge on any atom is -0.481 e. The maximum Gasteiger partial charge on any atom is 0.305 e. The highest BCUT2D eigenvalue weighted by atomic mass is 32.2. The summed E-state index contributed by atoms with van der Waals surface area (Å²) in [4.78, 5) is 24.1. The minimum atomic E-state index is -0.863. The molecule has 0 saturated carbocycles. The van der Waals surface area contributed by atoms with Gasteiger partial charge in [-0.3, -0.25) is 9.59 Å². The normalized spacial score (nSPS) is 12.6. The Hall–Kier alpha value is -0.710. The van der Waals surface area contributed by atoms with Crippen molar-refractivity contribution in [3.63, 3.8) is 0 Å². The van der Waals surface area contributed by atoms with E-state index in [1.54, 1.807) is 4.90 Å². The number of amides is 1. The molecule has 0 aliphatic carbocycles. The molecule has 0 fully saturated rings. The van der Waals surface area contributed by atoms with Crippen LogP contribution < -0.4 is 0 Å². The van der Waals surface area contributed by atoms with Gasteiger partial charge in [0.1, 0.15) is 0 Å². The number of carboxylic acids is 1. The Morgan fingerprint density at radius 3 is 2.25 bits per heavy atom. The molecule has 0 saturated heterocycles. The molecule has 5 heteroatoms. The number of hydrogen-bond donors (Lipinski definition) is 1. The summed E-state index contributed by atoms with van der Waals surface area (Å²) in [5, 5.41) is 8.53. The van der Waals surface area contributed by atoms with E-state index in [9.17, 15) is 9.59 Å². The van der Waals surface area contributed by atoms with Crippen molar-refractivity contribution in [3.8, 4) is 0 Å². The molecule has 1 unspecified atom stereocenters. The number of thioether (sulfide) groups is 1. The second-order valence-electron chi connectivity index (χ2n) is 4.20. The van der Waals surface area contributed by atoms with Gasteiger partial charge in [-0.15, -0.1) is 0 Å². The number of nitrogens with zero attached hydrogens (tertiary/aromatic N) is 1. The van der Waals surface area contributed by atoms with Gasteiger partial charge in [-0.2, -0.15) is 11.8 Å². The van der Waals surface area contributed by atoms with Gasteiger partial charge in [0, 0.05) is 13.1 Å². The standard InChI is InChI=1S/C11H21NO3S/c1-8(2)7-12(6-5-10(13)14)11(15)9(3)16-4/h8-9H,5-7H2,1-4H3,(H,13,14). The Labute approximate surface area is 101 Å². The van der Waals surface area contributed by atoms with Crippen LogP contribution in [0, 0.1) is 5.92 Å². The Bertz CT molecular complexity index is 243. The number of carbonyl (C=O) groups is 2. The van der Waals surface area contributed by atoms with Gasteiger partial charge < -0.3 is 10.0 Å². The zero-order valence-electron chi connectivity index (χ0n) is 10.4. The highest BCUT2D eigenvalue weighted by Crippen LogP contribution is 2.11. The first kappa shape index (κ1) is 15.3. The monoisotopic (exact) mass is 247 g/mol. The fourth-order valence-corrected chi connectivity index (χ4v) is 1.67. The first-order valence-electron chi connectivity index (χ1n) is 5.41. The molecule has 0 aromatic carbocycles. The molecule has 94 valence electrons. The molecular weight excluding hydrogens is 226 g/mol. The van der Waals surface area contributed by atoms with Crippen LogP contribution in [0.15, 0.2) is 0 Å². The second-order valence-corrected chi connectivity index (χ2v) is 5.38. The number of aliphatic carboxylic acids is 1. The van der Waals surface area contributed by atoms with Crippen molar-refractivity contribution in [2.75, 3.05) is 19.3 Å². The molecule has 0 aliphatic rings. The van der Waals surface area contributed by atoms with E-state index in [0.29, 0.717) is 19.0 Å². The van der Waals surface area contributed by atoms with Crippen molar-refractivity contribution >= 4 is 23.6 Å². The highest BCUT2D eigenvalue weighted by molar-refractivity contribution is 7.99. The maximum atomic E-state index is 11.9. The molecule has 16 heavy (non-hydrogen) atoms. The second kappa shape index (κ2) is 7.54. The van der Waals surface area contributed by atoms with Gasteiger partial charge in [-0.1, -0.05) is 13.8 Å². The highest BCUT2D eigenvalue weighted by Gasteiger charge is 2.20. The SMILES string of the molecule is CSC(C)C(=O)N(CCC(=O)O)CC(C)C. The van der Waals surface area contributed by atoms with Gasteiger partial charge in [-0.05, 0) is 19.1 Å². The molecule has 0 aromatic heterocycles. The lowest BCUT2D eigenvalue weighted by molar-refractivity contribution is -0.138. The van der Waals surface area contributed by atoms with Crippen LogP contribution in [0.4, 0.5) is 0 Å². The van der Waals surface area contributed by atoms with Crippen molar-refractivity contribution in [1.29, 1.82) is 0 Å². The third-order valence-corrected chi connectivity index (χ3v) is 3.10. The molecular formula is C11H21NO3S. The first-order valence-corrected chi connectivity index (χ1v) is 6.70. The molecule has 0 bridgehead atoms. The minimum absolute atomic E-state index is 0.0135. The molecule has 0 spiro atoms. The lowest BCUT2D eigenvalue weighted by Crippen LogP contribution is -2.40. The summed E-state index contributed by atoms with van der Waals surface area (Å²) < 4.78 is 0. The summed E-state index contributed by atoms with van der Waals surface area (Å²) in [6.07, 6.45) is 1.90. The van der Waals surface area contributed by atoms with Crippen LogP contribution in [0.2, 0.25) is 0 Å². The quantitative estimate of drug-likeness (QED) is 0.744. The lowest BCUT2D eigenvalue weighted by Gasteiger charge is -2.26. The molecule has 1 atom stereocenters. The van der Waals surface area contributed by atoms with Crippen molar-refractivity contribution in [2.24, 2.45) is 5.92 Å². The summed E-state index contributed by atoms with van der Waals surface area (Å²) in [6.45, 7) is 6.81. The predicted octanol–water partition coefficient (Wildman–Crippen LogP) is 1.70. The van der Waals surface area contributed by atoms with Crippen molar-refractivity contribution in [2.45, 2.75) is 32.4 Å². The average Bonchev–Trinajstić information content (AvgIpc) is 2.21. The Kier molecular flexibility index (Phi) is 7.21. The number of rotatable bonds is 7. The fraction of sp³-hybridized carbons (Fsp3) is 0.818. The van der Waals surface area contributed by atoms with Crippen LogP contribution in [-0.4, -0.2) is 46.5 Å². The summed E-state index contributed by atoms with van der Waals surface area (Å²) in [5.74, 6) is -0.479. The topological polar surface area (TPSA) is 57.6 Å². The van der Waals surface area contributed by atoms with Crippen LogP contribution in [0.3, 0.4) is 0 Å². The molecule has 4 nitrogen and oxygen atoms in total. The smallest absolute Gasteiger partial charge is 0.305 e. The third kappa shape index (κ3) is 6.00. The van der Waals surface area contributed by atoms with E-state index in [0.717, 1.165) is 0 Å². The van der Waals surface area contributed by atoms with Crippen LogP contribution in [0.1, 0.15) is 27.2 Å². The molecule has 1 amide bonds. The molecule has 0 rings (SSSR count). The fourth-order valence-electron chi connectivity index (χ4n) is 1.32. The number of carboxylic acid groups (broad SMARTS) is 1. The summed E-state index contributed by atoms with van der Waals surface area (Å²) in [6, 6.07) is 0. The van der Waals surface area contributed by atoms with Gasteiger partial charge in [0.05, 0.1) is 11.7 Å². The zero-order valence-corrected chi connectivity index (χ0v) is 11.2. The Morgan fingerprint density at radius 1 is 1.31 bits per heavy atom. The average molecular weight is 247 g/mol. The summed E-state index contributed by atoms with van der Waals surface area (Å²) >= 11 is 1.48. The van der Waals surface area contributed by atoms with Crippen molar-refractivity contribution < 1.29 is 14.7 Å². The van der Waals surface area contributed by atoms with Crippen LogP contribution >= 0.6 is 11.8 Å².